The molecule has 6 heteroatoms. The van der Waals surface area contributed by atoms with Crippen LogP contribution in [0.25, 0.3) is 0 Å². The van der Waals surface area contributed by atoms with Crippen LogP contribution >= 0.6 is 11.3 Å². The average Bonchev–Trinajstić information content (AvgIpc) is 3.23. The van der Waals surface area contributed by atoms with Crippen molar-refractivity contribution < 1.29 is 0 Å². The van der Waals surface area contributed by atoms with E-state index in [1.54, 1.807) is 17.5 Å². The molecule has 116 valence electrons. The summed E-state index contributed by atoms with van der Waals surface area (Å²) < 4.78 is 2.00. The first kappa shape index (κ1) is 14.8. The van der Waals surface area contributed by atoms with E-state index < -0.39 is 0 Å². The van der Waals surface area contributed by atoms with E-state index >= 15 is 0 Å². The number of nitrogens with one attached hydrogen (secondary N) is 2. The third kappa shape index (κ3) is 3.57. The summed E-state index contributed by atoms with van der Waals surface area (Å²) in [4.78, 5) is 8.79. The van der Waals surface area contributed by atoms with Gasteiger partial charge in [-0.25, -0.2) is 4.98 Å². The van der Waals surface area contributed by atoms with Crippen molar-refractivity contribution in [2.45, 2.75) is 32.9 Å². The molecular weight excluding hydrogens is 294 g/mol. The molecular formula is C16H21N5S. The number of hydrogen-bond donors (Lipinski definition) is 2. The van der Waals surface area contributed by atoms with Crippen LogP contribution < -0.4 is 5.32 Å². The lowest BCUT2D eigenvalue weighted by Gasteiger charge is -2.14. The largest absolute Gasteiger partial charge is 0.354 e. The van der Waals surface area contributed by atoms with Crippen LogP contribution in [0.2, 0.25) is 0 Å². The molecule has 0 amide bonds. The van der Waals surface area contributed by atoms with Crippen LogP contribution in [-0.4, -0.2) is 19.7 Å². The van der Waals surface area contributed by atoms with Gasteiger partial charge < -0.3 is 10.3 Å². The van der Waals surface area contributed by atoms with Gasteiger partial charge in [-0.2, -0.15) is 5.10 Å². The number of thiophene rings is 1. The van der Waals surface area contributed by atoms with Gasteiger partial charge in [0, 0.05) is 36.1 Å². The van der Waals surface area contributed by atoms with Gasteiger partial charge in [0.25, 0.3) is 0 Å². The van der Waals surface area contributed by atoms with E-state index in [0.29, 0.717) is 5.92 Å². The molecule has 0 aliphatic carbocycles. The molecule has 22 heavy (non-hydrogen) atoms. The average molecular weight is 315 g/mol. The third-order valence-electron chi connectivity index (χ3n) is 3.49. The quantitative estimate of drug-likeness (QED) is 0.695. The Morgan fingerprint density at radius 1 is 1.36 bits per heavy atom. The lowest BCUT2D eigenvalue weighted by atomic mass is 10.1. The second kappa shape index (κ2) is 6.79. The number of aryl methyl sites for hydroxylation is 1. The number of imidazole rings is 1. The maximum atomic E-state index is 4.61. The number of aromatic nitrogens is 4. The standard InChI is InChI=1S/C16H21N5S/c1-12(2)5-9-21-10-6-14(20-21)19-15(13-4-3-11-22-13)16-17-7-8-18-16/h3-4,6-8,10-12,15H,5,9H2,1-2H3,(H,17,18)(H,19,20)/t15-/m0/s1. The summed E-state index contributed by atoms with van der Waals surface area (Å²) in [6, 6.07) is 6.19. The Morgan fingerprint density at radius 2 is 2.27 bits per heavy atom. The van der Waals surface area contributed by atoms with Gasteiger partial charge in [0.2, 0.25) is 0 Å². The maximum absolute atomic E-state index is 4.61. The molecule has 2 N–H and O–H groups in total. The number of rotatable bonds is 7. The first-order chi connectivity index (χ1) is 10.7. The van der Waals surface area contributed by atoms with Gasteiger partial charge in [0.1, 0.15) is 17.7 Å². The fourth-order valence-corrected chi connectivity index (χ4v) is 3.04. The van der Waals surface area contributed by atoms with Gasteiger partial charge in [-0.3, -0.25) is 4.68 Å². The minimum atomic E-state index is 0.00319. The number of hydrogen-bond acceptors (Lipinski definition) is 4. The molecule has 3 rings (SSSR count). The van der Waals surface area contributed by atoms with Gasteiger partial charge in [-0.05, 0) is 23.8 Å². The highest BCUT2D eigenvalue weighted by atomic mass is 32.1. The van der Waals surface area contributed by atoms with E-state index in [1.807, 2.05) is 23.1 Å². The van der Waals surface area contributed by atoms with E-state index in [0.717, 1.165) is 24.6 Å². The van der Waals surface area contributed by atoms with Gasteiger partial charge >= 0.3 is 0 Å². The molecule has 0 fully saturated rings. The van der Waals surface area contributed by atoms with Crippen molar-refractivity contribution in [3.63, 3.8) is 0 Å². The molecule has 0 bridgehead atoms. The van der Waals surface area contributed by atoms with Crippen molar-refractivity contribution in [1.29, 1.82) is 0 Å². The molecule has 3 aromatic rings. The van der Waals surface area contributed by atoms with Crippen molar-refractivity contribution in [1.82, 2.24) is 19.7 Å². The van der Waals surface area contributed by atoms with Crippen molar-refractivity contribution in [3.05, 3.63) is 52.9 Å². The predicted octanol–water partition coefficient (Wildman–Crippen LogP) is 3.92. The Labute approximate surface area is 134 Å². The Balaban J connectivity index is 1.74. The second-order valence-corrected chi connectivity index (χ2v) is 6.69. The summed E-state index contributed by atoms with van der Waals surface area (Å²) in [5, 5.41) is 10.2. The SMILES string of the molecule is CC(C)CCn1ccc(N[C@H](c2ncc[nH]2)c2cccs2)n1. The number of H-pyrrole nitrogens is 1. The van der Waals surface area contributed by atoms with Crippen molar-refractivity contribution in [3.8, 4) is 0 Å². The Kier molecular flexibility index (Phi) is 4.58. The smallest absolute Gasteiger partial charge is 0.148 e. The van der Waals surface area contributed by atoms with E-state index in [-0.39, 0.29) is 6.04 Å². The summed E-state index contributed by atoms with van der Waals surface area (Å²) in [5.74, 6) is 2.46. The lowest BCUT2D eigenvalue weighted by Crippen LogP contribution is -2.13. The predicted molar refractivity (Wildman–Crippen MR) is 90.1 cm³/mol. The summed E-state index contributed by atoms with van der Waals surface area (Å²) in [5.41, 5.74) is 0. The van der Waals surface area contributed by atoms with Gasteiger partial charge in [0.05, 0.1) is 0 Å². The molecule has 0 unspecified atom stereocenters. The molecule has 3 heterocycles. The highest BCUT2D eigenvalue weighted by molar-refractivity contribution is 7.10. The van der Waals surface area contributed by atoms with Crippen LogP contribution in [0.15, 0.2) is 42.2 Å². The minimum Gasteiger partial charge on any atom is -0.354 e. The van der Waals surface area contributed by atoms with E-state index in [1.165, 1.54) is 4.88 Å². The summed E-state index contributed by atoms with van der Waals surface area (Å²) >= 11 is 1.71. The molecule has 0 aliphatic rings. The topological polar surface area (TPSA) is 58.5 Å². The van der Waals surface area contributed by atoms with Crippen LogP contribution in [0.4, 0.5) is 5.82 Å². The molecule has 3 aromatic heterocycles. The summed E-state index contributed by atoms with van der Waals surface area (Å²) in [7, 11) is 0. The summed E-state index contributed by atoms with van der Waals surface area (Å²) in [6.07, 6.45) is 6.78. The van der Waals surface area contributed by atoms with Gasteiger partial charge in [-0.1, -0.05) is 19.9 Å². The third-order valence-corrected chi connectivity index (χ3v) is 4.43. The van der Waals surface area contributed by atoms with E-state index in [4.69, 9.17) is 0 Å². The fraction of sp³-hybridized carbons (Fsp3) is 0.375. The van der Waals surface area contributed by atoms with Crippen molar-refractivity contribution >= 4 is 17.2 Å². The zero-order valence-corrected chi connectivity index (χ0v) is 13.7. The number of anilines is 1. The highest BCUT2D eigenvalue weighted by Gasteiger charge is 2.18. The zero-order valence-electron chi connectivity index (χ0n) is 12.9. The first-order valence-electron chi connectivity index (χ1n) is 7.55. The minimum absolute atomic E-state index is 0.00319. The first-order valence-corrected chi connectivity index (χ1v) is 8.43. The number of aromatic amines is 1. The molecule has 0 aromatic carbocycles. The van der Waals surface area contributed by atoms with Gasteiger partial charge in [-0.15, -0.1) is 11.3 Å². The van der Waals surface area contributed by atoms with Gasteiger partial charge in [0.15, 0.2) is 0 Å². The van der Waals surface area contributed by atoms with Crippen LogP contribution in [-0.2, 0) is 6.54 Å². The lowest BCUT2D eigenvalue weighted by molar-refractivity contribution is 0.487. The van der Waals surface area contributed by atoms with Crippen molar-refractivity contribution in [2.75, 3.05) is 5.32 Å². The Hall–Kier alpha value is -2.08. The molecule has 5 nitrogen and oxygen atoms in total. The zero-order chi connectivity index (χ0) is 15.4. The molecule has 0 spiro atoms. The van der Waals surface area contributed by atoms with Crippen LogP contribution in [0.3, 0.4) is 0 Å². The molecule has 0 saturated heterocycles. The van der Waals surface area contributed by atoms with Crippen LogP contribution in [0.5, 0.6) is 0 Å². The van der Waals surface area contributed by atoms with Crippen LogP contribution in [0, 0.1) is 5.92 Å². The molecule has 1 atom stereocenters. The normalized spacial score (nSPS) is 12.7. The second-order valence-electron chi connectivity index (χ2n) is 5.71. The van der Waals surface area contributed by atoms with Crippen LogP contribution in [0.1, 0.15) is 37.0 Å². The molecule has 0 radical (unpaired) electrons. The van der Waals surface area contributed by atoms with E-state index in [2.05, 4.69) is 51.7 Å². The maximum Gasteiger partial charge on any atom is 0.148 e. The molecule has 0 aliphatic heterocycles. The fourth-order valence-electron chi connectivity index (χ4n) is 2.27. The highest BCUT2D eigenvalue weighted by Crippen LogP contribution is 2.27. The summed E-state index contributed by atoms with van der Waals surface area (Å²) in [6.45, 7) is 5.41. The number of nitrogens with zero attached hydrogens (tertiary/aromatic N) is 3. The monoisotopic (exact) mass is 315 g/mol. The van der Waals surface area contributed by atoms with E-state index in [9.17, 15) is 0 Å². The Morgan fingerprint density at radius 3 is 2.95 bits per heavy atom. The Bertz CT molecular complexity index is 635. The molecule has 0 saturated carbocycles. The van der Waals surface area contributed by atoms with Crippen molar-refractivity contribution in [2.24, 2.45) is 5.92 Å².